The quantitative estimate of drug-likeness (QED) is 0.456. The molecule has 0 unspecified atom stereocenters. The van der Waals surface area contributed by atoms with Gasteiger partial charge in [-0.2, -0.15) is 0 Å². The molecule has 1 fully saturated rings. The van der Waals surface area contributed by atoms with Crippen LogP contribution in [-0.2, 0) is 14.3 Å². The summed E-state index contributed by atoms with van der Waals surface area (Å²) >= 11 is 0. The molecule has 0 bridgehead atoms. The molecule has 7 nitrogen and oxygen atoms in total. The molecular formula is C20H31N2O5+. The summed E-state index contributed by atoms with van der Waals surface area (Å²) in [4.78, 5) is 25.0. The van der Waals surface area contributed by atoms with Gasteiger partial charge in [-0.15, -0.1) is 0 Å². The molecule has 1 saturated heterocycles. The van der Waals surface area contributed by atoms with Crippen molar-refractivity contribution in [2.45, 2.75) is 26.7 Å². The minimum absolute atomic E-state index is 0.00915. The predicted molar refractivity (Wildman–Crippen MR) is 101 cm³/mol. The van der Waals surface area contributed by atoms with E-state index in [2.05, 4.69) is 5.32 Å². The number of hydrogen-bond donors (Lipinski definition) is 2. The second-order valence-electron chi connectivity index (χ2n) is 6.56. The second kappa shape index (κ2) is 11.4. The van der Waals surface area contributed by atoms with Gasteiger partial charge in [0.15, 0.2) is 6.54 Å². The number of ether oxygens (including phenoxy) is 3. The molecule has 1 aromatic carbocycles. The van der Waals surface area contributed by atoms with Gasteiger partial charge < -0.3 is 24.4 Å². The maximum absolute atomic E-state index is 12.1. The number of hydrogen-bond acceptors (Lipinski definition) is 5. The molecule has 1 aromatic rings. The number of esters is 1. The first-order valence-electron chi connectivity index (χ1n) is 9.75. The molecular weight excluding hydrogens is 348 g/mol. The topological polar surface area (TPSA) is 78.3 Å². The first-order chi connectivity index (χ1) is 13.1. The Morgan fingerprint density at radius 3 is 2.26 bits per heavy atom. The second-order valence-corrected chi connectivity index (χ2v) is 6.56. The Bertz CT molecular complexity index is 583. The van der Waals surface area contributed by atoms with Crippen molar-refractivity contribution in [2.24, 2.45) is 5.92 Å². The van der Waals surface area contributed by atoms with Gasteiger partial charge in [0.25, 0.3) is 5.91 Å². The monoisotopic (exact) mass is 379 g/mol. The number of piperidine rings is 1. The Morgan fingerprint density at radius 1 is 1.04 bits per heavy atom. The normalized spacial score (nSPS) is 19.2. The molecule has 1 amide bonds. The van der Waals surface area contributed by atoms with Crippen LogP contribution >= 0.6 is 0 Å². The van der Waals surface area contributed by atoms with E-state index >= 15 is 0 Å². The van der Waals surface area contributed by atoms with Gasteiger partial charge in [-0.3, -0.25) is 9.59 Å². The van der Waals surface area contributed by atoms with Crippen molar-refractivity contribution in [3.63, 3.8) is 0 Å². The number of carbonyl (C=O) groups excluding carboxylic acids is 2. The Kier molecular flexibility index (Phi) is 8.91. The van der Waals surface area contributed by atoms with E-state index < -0.39 is 0 Å². The molecule has 1 aliphatic rings. The van der Waals surface area contributed by atoms with Gasteiger partial charge in [0.1, 0.15) is 18.1 Å². The molecule has 150 valence electrons. The molecule has 0 atom stereocenters. The van der Waals surface area contributed by atoms with E-state index in [1.807, 2.05) is 38.1 Å². The van der Waals surface area contributed by atoms with Gasteiger partial charge >= 0.3 is 5.97 Å². The molecule has 0 spiro atoms. The summed E-state index contributed by atoms with van der Waals surface area (Å²) in [7, 11) is 0. The number of carbonyl (C=O) groups is 2. The Hall–Kier alpha value is -2.28. The van der Waals surface area contributed by atoms with E-state index in [9.17, 15) is 9.59 Å². The van der Waals surface area contributed by atoms with Crippen molar-refractivity contribution in [1.29, 1.82) is 0 Å². The van der Waals surface area contributed by atoms with E-state index in [0.717, 1.165) is 37.4 Å². The highest BCUT2D eigenvalue weighted by atomic mass is 16.5. The predicted octanol–water partition coefficient (Wildman–Crippen LogP) is 0.438. The molecule has 2 N–H and O–H groups in total. The van der Waals surface area contributed by atoms with E-state index in [4.69, 9.17) is 14.2 Å². The van der Waals surface area contributed by atoms with Crippen LogP contribution in [0.15, 0.2) is 24.3 Å². The van der Waals surface area contributed by atoms with Crippen LogP contribution in [0.5, 0.6) is 11.5 Å². The fourth-order valence-corrected chi connectivity index (χ4v) is 3.15. The molecule has 1 aliphatic heterocycles. The van der Waals surface area contributed by atoms with Crippen molar-refractivity contribution in [1.82, 2.24) is 5.32 Å². The summed E-state index contributed by atoms with van der Waals surface area (Å²) in [6, 6.07) is 7.43. The third kappa shape index (κ3) is 7.46. The van der Waals surface area contributed by atoms with Gasteiger partial charge in [0.05, 0.1) is 38.8 Å². The third-order valence-corrected chi connectivity index (χ3v) is 4.55. The van der Waals surface area contributed by atoms with E-state index in [1.54, 1.807) is 0 Å². The molecule has 0 radical (unpaired) electrons. The smallest absolute Gasteiger partial charge is 0.309 e. The number of nitrogens with one attached hydrogen (secondary N) is 2. The number of benzene rings is 1. The van der Waals surface area contributed by atoms with Crippen molar-refractivity contribution in [3.8, 4) is 11.5 Å². The Morgan fingerprint density at radius 2 is 1.67 bits per heavy atom. The zero-order valence-corrected chi connectivity index (χ0v) is 16.3. The molecule has 0 aromatic heterocycles. The molecule has 1 heterocycles. The van der Waals surface area contributed by atoms with E-state index in [1.165, 1.54) is 4.90 Å². The molecule has 27 heavy (non-hydrogen) atoms. The maximum Gasteiger partial charge on any atom is 0.309 e. The van der Waals surface area contributed by atoms with Crippen LogP contribution in [0.1, 0.15) is 26.7 Å². The SMILES string of the molecule is CCOC(=O)C1CC[NH+](CC(=O)NCCOc2ccc(OCC)cc2)CC1. The summed E-state index contributed by atoms with van der Waals surface area (Å²) in [5, 5.41) is 2.89. The van der Waals surface area contributed by atoms with Crippen LogP contribution in [0.2, 0.25) is 0 Å². The van der Waals surface area contributed by atoms with Crippen molar-refractivity contribution in [3.05, 3.63) is 24.3 Å². The highest BCUT2D eigenvalue weighted by Gasteiger charge is 2.29. The number of rotatable bonds is 10. The zero-order valence-electron chi connectivity index (χ0n) is 16.3. The molecule has 0 saturated carbocycles. The summed E-state index contributed by atoms with van der Waals surface area (Å²) in [5.41, 5.74) is 0. The Labute approximate surface area is 161 Å². The molecule has 7 heteroatoms. The van der Waals surface area contributed by atoms with Crippen LogP contribution in [0.3, 0.4) is 0 Å². The van der Waals surface area contributed by atoms with Crippen LogP contribution < -0.4 is 19.7 Å². The fourth-order valence-electron chi connectivity index (χ4n) is 3.15. The molecule has 2 rings (SSSR count). The number of amides is 1. The van der Waals surface area contributed by atoms with Crippen LogP contribution in [0, 0.1) is 5.92 Å². The average Bonchev–Trinajstić information content (AvgIpc) is 2.67. The maximum atomic E-state index is 12.1. The van der Waals surface area contributed by atoms with Crippen LogP contribution in [0.25, 0.3) is 0 Å². The van der Waals surface area contributed by atoms with E-state index in [0.29, 0.717) is 32.9 Å². The van der Waals surface area contributed by atoms with Crippen molar-refractivity contribution in [2.75, 3.05) is 46.0 Å². The third-order valence-electron chi connectivity index (χ3n) is 4.55. The van der Waals surface area contributed by atoms with Crippen molar-refractivity contribution >= 4 is 11.9 Å². The van der Waals surface area contributed by atoms with Gasteiger partial charge in [0.2, 0.25) is 0 Å². The number of likely N-dealkylation sites (tertiary alicyclic amines) is 1. The summed E-state index contributed by atoms with van der Waals surface area (Å²) in [6.07, 6.45) is 1.56. The lowest BCUT2D eigenvalue weighted by Crippen LogP contribution is -3.14. The first-order valence-corrected chi connectivity index (χ1v) is 9.75. The van der Waals surface area contributed by atoms with Crippen LogP contribution in [-0.4, -0.2) is 57.9 Å². The van der Waals surface area contributed by atoms with Crippen LogP contribution in [0.4, 0.5) is 0 Å². The molecule has 0 aliphatic carbocycles. The highest BCUT2D eigenvalue weighted by Crippen LogP contribution is 2.17. The summed E-state index contributed by atoms with van der Waals surface area (Å²) < 4.78 is 16.1. The lowest BCUT2D eigenvalue weighted by atomic mass is 9.97. The lowest BCUT2D eigenvalue weighted by molar-refractivity contribution is -0.897. The first kappa shape index (κ1) is 21.0. The van der Waals surface area contributed by atoms with Gasteiger partial charge in [0, 0.05) is 12.8 Å². The standard InChI is InChI=1S/C20H30N2O5/c1-3-25-17-5-7-18(8-6-17)27-14-11-21-19(23)15-22-12-9-16(10-13-22)20(24)26-4-2/h5-8,16H,3-4,9-15H2,1-2H3,(H,21,23)/p+1. The minimum Gasteiger partial charge on any atom is -0.494 e. The lowest BCUT2D eigenvalue weighted by Gasteiger charge is -2.27. The van der Waals surface area contributed by atoms with Crippen molar-refractivity contribution < 1.29 is 28.7 Å². The largest absolute Gasteiger partial charge is 0.494 e. The fraction of sp³-hybridized carbons (Fsp3) is 0.600. The number of quaternary nitrogens is 1. The summed E-state index contributed by atoms with van der Waals surface area (Å²) in [6.45, 7) is 7.77. The average molecular weight is 379 g/mol. The van der Waals surface area contributed by atoms with Gasteiger partial charge in [-0.25, -0.2) is 0 Å². The van der Waals surface area contributed by atoms with E-state index in [-0.39, 0.29) is 17.8 Å². The zero-order chi connectivity index (χ0) is 19.5. The van der Waals surface area contributed by atoms with Gasteiger partial charge in [-0.05, 0) is 38.1 Å². The highest BCUT2D eigenvalue weighted by molar-refractivity contribution is 5.76. The summed E-state index contributed by atoms with van der Waals surface area (Å²) in [5.74, 6) is 1.45. The van der Waals surface area contributed by atoms with Gasteiger partial charge in [-0.1, -0.05) is 0 Å². The Balaban J connectivity index is 1.58. The minimum atomic E-state index is -0.104.